The molecule has 9 heavy (non-hydrogen) atoms. The summed E-state index contributed by atoms with van der Waals surface area (Å²) in [5, 5.41) is 8.44. The first-order valence-electron chi connectivity index (χ1n) is 2.59. The molecule has 3 heteroatoms. The number of nitrogens with one attached hydrogen (secondary N) is 1. The molecule has 0 saturated heterocycles. The third-order valence-corrected chi connectivity index (χ3v) is 1.22. The molecule has 0 fully saturated rings. The Bertz CT molecular complexity index is 234. The summed E-state index contributed by atoms with van der Waals surface area (Å²) in [4.78, 5) is 2.74. The number of aromatic nitrogens is 1. The van der Waals surface area contributed by atoms with Crippen LogP contribution in [-0.2, 0) is 0 Å². The smallest absolute Gasteiger partial charge is 0.119 e. The molecule has 0 unspecified atom stereocenters. The molecule has 0 aliphatic heterocycles. The molecule has 0 aliphatic rings. The van der Waals surface area contributed by atoms with Crippen LogP contribution in [0.2, 0.25) is 0 Å². The summed E-state index contributed by atoms with van der Waals surface area (Å²) in [6.07, 6.45) is 1.72. The van der Waals surface area contributed by atoms with Crippen LogP contribution < -0.4 is 5.73 Å². The minimum absolute atomic E-state index is 0.454. The molecule has 0 bridgehead atoms. The first kappa shape index (κ1) is 5.70. The SMILES string of the molecule is Cc1c[nH]c(N)c1C#N. The first-order valence-corrected chi connectivity index (χ1v) is 2.59. The first-order chi connectivity index (χ1) is 4.25. The van der Waals surface area contributed by atoms with Crippen molar-refractivity contribution in [2.24, 2.45) is 0 Å². The quantitative estimate of drug-likeness (QED) is 0.532. The molecule has 0 spiro atoms. The van der Waals surface area contributed by atoms with Gasteiger partial charge in [0.05, 0.1) is 5.56 Å². The Morgan fingerprint density at radius 3 is 2.67 bits per heavy atom. The molecule has 0 aromatic carbocycles. The highest BCUT2D eigenvalue weighted by molar-refractivity contribution is 5.53. The van der Waals surface area contributed by atoms with E-state index in [2.05, 4.69) is 4.98 Å². The van der Waals surface area contributed by atoms with E-state index in [-0.39, 0.29) is 0 Å². The van der Waals surface area contributed by atoms with Crippen molar-refractivity contribution in [3.63, 3.8) is 0 Å². The largest absolute Gasteiger partial charge is 0.384 e. The van der Waals surface area contributed by atoms with Crippen LogP contribution >= 0.6 is 0 Å². The lowest BCUT2D eigenvalue weighted by Gasteiger charge is -1.83. The summed E-state index contributed by atoms with van der Waals surface area (Å²) >= 11 is 0. The molecule has 1 rings (SSSR count). The lowest BCUT2D eigenvalue weighted by atomic mass is 10.2. The van der Waals surface area contributed by atoms with E-state index in [1.165, 1.54) is 0 Å². The monoisotopic (exact) mass is 121 g/mol. The van der Waals surface area contributed by atoms with Crippen molar-refractivity contribution in [3.8, 4) is 6.07 Å². The predicted molar refractivity (Wildman–Crippen MR) is 34.7 cm³/mol. The number of anilines is 1. The van der Waals surface area contributed by atoms with E-state index >= 15 is 0 Å². The average Bonchev–Trinajstić information content (AvgIpc) is 2.12. The van der Waals surface area contributed by atoms with Gasteiger partial charge in [-0.05, 0) is 12.5 Å². The van der Waals surface area contributed by atoms with Gasteiger partial charge in [0.15, 0.2) is 0 Å². The van der Waals surface area contributed by atoms with Crippen LogP contribution in [0.4, 0.5) is 5.82 Å². The maximum Gasteiger partial charge on any atom is 0.119 e. The molecule has 0 radical (unpaired) electrons. The van der Waals surface area contributed by atoms with Gasteiger partial charge < -0.3 is 10.7 Å². The van der Waals surface area contributed by atoms with E-state index in [9.17, 15) is 0 Å². The van der Waals surface area contributed by atoms with Crippen LogP contribution in [0.1, 0.15) is 11.1 Å². The highest BCUT2D eigenvalue weighted by Gasteiger charge is 2.01. The number of rotatable bonds is 0. The number of hydrogen-bond donors (Lipinski definition) is 2. The van der Waals surface area contributed by atoms with E-state index < -0.39 is 0 Å². The van der Waals surface area contributed by atoms with Gasteiger partial charge in [0.2, 0.25) is 0 Å². The number of nitrogens with zero attached hydrogens (tertiary/aromatic N) is 1. The fourth-order valence-electron chi connectivity index (χ4n) is 0.691. The van der Waals surface area contributed by atoms with Gasteiger partial charge in [0.1, 0.15) is 11.9 Å². The normalized spacial score (nSPS) is 8.89. The van der Waals surface area contributed by atoms with E-state index in [1.54, 1.807) is 6.20 Å². The van der Waals surface area contributed by atoms with Crippen LogP contribution in [0, 0.1) is 18.3 Å². The highest BCUT2D eigenvalue weighted by atomic mass is 14.8. The minimum atomic E-state index is 0.454. The Hall–Kier alpha value is -1.43. The zero-order chi connectivity index (χ0) is 6.85. The maximum absolute atomic E-state index is 8.44. The number of aryl methyl sites for hydroxylation is 1. The van der Waals surface area contributed by atoms with Crippen molar-refractivity contribution in [1.29, 1.82) is 5.26 Å². The van der Waals surface area contributed by atoms with Gasteiger partial charge in [-0.15, -0.1) is 0 Å². The summed E-state index contributed by atoms with van der Waals surface area (Å²) in [6.45, 7) is 1.84. The molecular weight excluding hydrogens is 114 g/mol. The van der Waals surface area contributed by atoms with Crippen molar-refractivity contribution >= 4 is 5.82 Å². The zero-order valence-electron chi connectivity index (χ0n) is 5.10. The third kappa shape index (κ3) is 0.745. The van der Waals surface area contributed by atoms with Gasteiger partial charge in [0.25, 0.3) is 0 Å². The van der Waals surface area contributed by atoms with Gasteiger partial charge in [0, 0.05) is 6.20 Å². The van der Waals surface area contributed by atoms with E-state index in [4.69, 9.17) is 11.0 Å². The number of nitrogen functional groups attached to an aromatic ring is 1. The zero-order valence-corrected chi connectivity index (χ0v) is 5.10. The summed E-state index contributed by atoms with van der Waals surface area (Å²) in [7, 11) is 0. The molecule has 1 heterocycles. The van der Waals surface area contributed by atoms with Gasteiger partial charge in [-0.1, -0.05) is 0 Å². The lowest BCUT2D eigenvalue weighted by Crippen LogP contribution is -1.86. The van der Waals surface area contributed by atoms with Crippen molar-refractivity contribution in [3.05, 3.63) is 17.3 Å². The Balaban J connectivity index is 3.27. The fourth-order valence-corrected chi connectivity index (χ4v) is 0.691. The molecule has 0 saturated carbocycles. The lowest BCUT2D eigenvalue weighted by molar-refractivity contribution is 1.39. The van der Waals surface area contributed by atoms with Crippen LogP contribution in [-0.4, -0.2) is 4.98 Å². The molecule has 46 valence electrons. The number of nitrogens with two attached hydrogens (primary N) is 1. The molecule has 3 nitrogen and oxygen atoms in total. The molecule has 3 N–H and O–H groups in total. The molecule has 1 aromatic heterocycles. The van der Waals surface area contributed by atoms with Crippen molar-refractivity contribution in [2.75, 3.05) is 5.73 Å². The Kier molecular flexibility index (Phi) is 1.16. The average molecular weight is 121 g/mol. The minimum Gasteiger partial charge on any atom is -0.384 e. The van der Waals surface area contributed by atoms with Crippen molar-refractivity contribution < 1.29 is 0 Å². The van der Waals surface area contributed by atoms with Crippen LogP contribution in [0.25, 0.3) is 0 Å². The maximum atomic E-state index is 8.44. The summed E-state index contributed by atoms with van der Waals surface area (Å²) < 4.78 is 0. The fraction of sp³-hybridized carbons (Fsp3) is 0.167. The van der Waals surface area contributed by atoms with Crippen LogP contribution in [0.3, 0.4) is 0 Å². The van der Waals surface area contributed by atoms with E-state index in [0.717, 1.165) is 5.56 Å². The second kappa shape index (κ2) is 1.82. The van der Waals surface area contributed by atoms with Crippen molar-refractivity contribution in [2.45, 2.75) is 6.92 Å². The Morgan fingerprint density at radius 2 is 2.44 bits per heavy atom. The van der Waals surface area contributed by atoms with Crippen LogP contribution in [0.15, 0.2) is 6.20 Å². The van der Waals surface area contributed by atoms with Crippen LogP contribution in [0.5, 0.6) is 0 Å². The second-order valence-corrected chi connectivity index (χ2v) is 1.87. The standard InChI is InChI=1S/C6H7N3/c1-4-3-9-6(8)5(4)2-7/h3,9H,8H2,1H3. The number of hydrogen-bond acceptors (Lipinski definition) is 2. The predicted octanol–water partition coefficient (Wildman–Crippen LogP) is 0.777. The summed E-state index contributed by atoms with van der Waals surface area (Å²) in [5.41, 5.74) is 6.82. The molecule has 0 aliphatic carbocycles. The second-order valence-electron chi connectivity index (χ2n) is 1.87. The van der Waals surface area contributed by atoms with E-state index in [0.29, 0.717) is 11.4 Å². The van der Waals surface area contributed by atoms with Gasteiger partial charge in [-0.2, -0.15) is 5.26 Å². The summed E-state index contributed by atoms with van der Waals surface area (Å²) in [5.74, 6) is 0.454. The number of aromatic amines is 1. The van der Waals surface area contributed by atoms with Gasteiger partial charge in [-0.3, -0.25) is 0 Å². The third-order valence-electron chi connectivity index (χ3n) is 1.22. The molecule has 1 aromatic rings. The number of nitriles is 1. The topological polar surface area (TPSA) is 65.6 Å². The number of H-pyrrole nitrogens is 1. The highest BCUT2D eigenvalue weighted by Crippen LogP contribution is 2.11. The molecule has 0 amide bonds. The van der Waals surface area contributed by atoms with Gasteiger partial charge >= 0.3 is 0 Å². The Labute approximate surface area is 53.1 Å². The summed E-state index contributed by atoms with van der Waals surface area (Å²) in [6, 6.07) is 1.99. The van der Waals surface area contributed by atoms with E-state index in [1.807, 2.05) is 13.0 Å². The Morgan fingerprint density at radius 1 is 1.78 bits per heavy atom. The van der Waals surface area contributed by atoms with Gasteiger partial charge in [-0.25, -0.2) is 0 Å². The molecule has 0 atom stereocenters. The molecular formula is C6H7N3. The van der Waals surface area contributed by atoms with Crippen molar-refractivity contribution in [1.82, 2.24) is 4.98 Å².